The van der Waals surface area contributed by atoms with Gasteiger partial charge in [0.25, 0.3) is 0 Å². The summed E-state index contributed by atoms with van der Waals surface area (Å²) >= 11 is 0. The second-order valence-electron chi connectivity index (χ2n) is 6.13. The van der Waals surface area contributed by atoms with Gasteiger partial charge in [-0.1, -0.05) is 12.1 Å². The van der Waals surface area contributed by atoms with Crippen molar-refractivity contribution >= 4 is 23.2 Å². The zero-order valence-corrected chi connectivity index (χ0v) is 15.5. The average Bonchev–Trinajstić information content (AvgIpc) is 3.09. The summed E-state index contributed by atoms with van der Waals surface area (Å²) in [7, 11) is 4.64. The Morgan fingerprint density at radius 3 is 2.48 bits per heavy atom. The molecule has 0 bridgehead atoms. The molecule has 7 nitrogen and oxygen atoms in total. The third-order valence-electron chi connectivity index (χ3n) is 4.54. The lowest BCUT2D eigenvalue weighted by Crippen LogP contribution is -2.28. The SMILES string of the molecule is COc1ccc(N2CC(C(=O)Nc3ccccc3OC)CC2=O)c(OC)c1. The van der Waals surface area contributed by atoms with Crippen LogP contribution < -0.4 is 24.4 Å². The van der Waals surface area contributed by atoms with Crippen LogP contribution in [0, 0.1) is 5.92 Å². The molecule has 0 aliphatic carbocycles. The van der Waals surface area contributed by atoms with Crippen LogP contribution in [-0.4, -0.2) is 39.7 Å². The maximum Gasteiger partial charge on any atom is 0.229 e. The van der Waals surface area contributed by atoms with Crippen LogP contribution >= 0.6 is 0 Å². The molecule has 0 spiro atoms. The molecule has 2 aromatic rings. The van der Waals surface area contributed by atoms with E-state index in [-0.39, 0.29) is 24.8 Å². The van der Waals surface area contributed by atoms with E-state index in [1.807, 2.05) is 12.1 Å². The lowest BCUT2D eigenvalue weighted by molar-refractivity contribution is -0.122. The Balaban J connectivity index is 1.76. The molecular weight excluding hydrogens is 348 g/mol. The fraction of sp³-hybridized carbons (Fsp3) is 0.300. The molecule has 1 aliphatic heterocycles. The van der Waals surface area contributed by atoms with Crippen LogP contribution in [0.3, 0.4) is 0 Å². The molecule has 1 fully saturated rings. The molecule has 27 heavy (non-hydrogen) atoms. The molecular formula is C20H22N2O5. The first-order valence-corrected chi connectivity index (χ1v) is 8.53. The van der Waals surface area contributed by atoms with Gasteiger partial charge in [-0.15, -0.1) is 0 Å². The van der Waals surface area contributed by atoms with Gasteiger partial charge in [-0.3, -0.25) is 9.59 Å². The Morgan fingerprint density at radius 2 is 1.78 bits per heavy atom. The van der Waals surface area contributed by atoms with Gasteiger partial charge in [0.15, 0.2) is 0 Å². The predicted molar refractivity (Wildman–Crippen MR) is 102 cm³/mol. The number of para-hydroxylation sites is 2. The summed E-state index contributed by atoms with van der Waals surface area (Å²) in [5.41, 5.74) is 1.20. The van der Waals surface area contributed by atoms with Gasteiger partial charge >= 0.3 is 0 Å². The average molecular weight is 370 g/mol. The van der Waals surface area contributed by atoms with E-state index in [1.54, 1.807) is 49.5 Å². The monoisotopic (exact) mass is 370 g/mol. The Kier molecular flexibility index (Phi) is 5.49. The van der Waals surface area contributed by atoms with Crippen LogP contribution in [-0.2, 0) is 9.59 Å². The van der Waals surface area contributed by atoms with E-state index >= 15 is 0 Å². The van der Waals surface area contributed by atoms with E-state index in [1.165, 1.54) is 7.11 Å². The number of rotatable bonds is 6. The van der Waals surface area contributed by atoms with Crippen molar-refractivity contribution in [3.05, 3.63) is 42.5 Å². The minimum absolute atomic E-state index is 0.126. The lowest BCUT2D eigenvalue weighted by atomic mass is 10.1. The Labute approximate surface area is 157 Å². The highest BCUT2D eigenvalue weighted by atomic mass is 16.5. The van der Waals surface area contributed by atoms with Crippen LogP contribution in [0.2, 0.25) is 0 Å². The fourth-order valence-electron chi connectivity index (χ4n) is 3.11. The summed E-state index contributed by atoms with van der Waals surface area (Å²) < 4.78 is 15.8. The van der Waals surface area contributed by atoms with Gasteiger partial charge in [0.1, 0.15) is 17.2 Å². The highest BCUT2D eigenvalue weighted by molar-refractivity contribution is 6.04. The minimum Gasteiger partial charge on any atom is -0.497 e. The van der Waals surface area contributed by atoms with Crippen molar-refractivity contribution in [2.75, 3.05) is 38.1 Å². The molecule has 1 heterocycles. The summed E-state index contributed by atoms with van der Waals surface area (Å²) in [4.78, 5) is 26.8. The van der Waals surface area contributed by atoms with Crippen molar-refractivity contribution in [2.45, 2.75) is 6.42 Å². The van der Waals surface area contributed by atoms with E-state index in [0.29, 0.717) is 28.6 Å². The molecule has 0 radical (unpaired) electrons. The van der Waals surface area contributed by atoms with E-state index in [4.69, 9.17) is 14.2 Å². The van der Waals surface area contributed by atoms with Gasteiger partial charge in [-0.2, -0.15) is 0 Å². The quantitative estimate of drug-likeness (QED) is 0.846. The zero-order chi connectivity index (χ0) is 19.4. The van der Waals surface area contributed by atoms with Crippen molar-refractivity contribution in [2.24, 2.45) is 5.92 Å². The van der Waals surface area contributed by atoms with Crippen molar-refractivity contribution in [1.82, 2.24) is 0 Å². The molecule has 1 unspecified atom stereocenters. The number of anilines is 2. The molecule has 142 valence electrons. The van der Waals surface area contributed by atoms with Crippen molar-refractivity contribution in [3.8, 4) is 17.2 Å². The van der Waals surface area contributed by atoms with Gasteiger partial charge < -0.3 is 24.4 Å². The van der Waals surface area contributed by atoms with E-state index in [9.17, 15) is 9.59 Å². The number of amides is 2. The van der Waals surface area contributed by atoms with Crippen LogP contribution in [0.5, 0.6) is 17.2 Å². The second-order valence-corrected chi connectivity index (χ2v) is 6.13. The highest BCUT2D eigenvalue weighted by Gasteiger charge is 2.36. The first-order valence-electron chi connectivity index (χ1n) is 8.53. The zero-order valence-electron chi connectivity index (χ0n) is 15.5. The molecule has 1 N–H and O–H groups in total. The van der Waals surface area contributed by atoms with Crippen LogP contribution in [0.15, 0.2) is 42.5 Å². The maximum atomic E-state index is 12.7. The number of nitrogens with one attached hydrogen (secondary N) is 1. The van der Waals surface area contributed by atoms with Gasteiger partial charge in [-0.05, 0) is 24.3 Å². The Bertz CT molecular complexity index is 852. The minimum atomic E-state index is -0.464. The molecule has 2 aromatic carbocycles. The van der Waals surface area contributed by atoms with Gasteiger partial charge in [0, 0.05) is 19.0 Å². The Hall–Kier alpha value is -3.22. The van der Waals surface area contributed by atoms with Crippen molar-refractivity contribution in [3.63, 3.8) is 0 Å². The molecule has 1 aliphatic rings. The Morgan fingerprint density at radius 1 is 1.04 bits per heavy atom. The van der Waals surface area contributed by atoms with E-state index < -0.39 is 5.92 Å². The molecule has 1 saturated heterocycles. The summed E-state index contributed by atoms with van der Waals surface area (Å²) in [5.74, 6) is 0.917. The first kappa shape index (κ1) is 18.6. The molecule has 2 amide bonds. The second kappa shape index (κ2) is 7.99. The number of carbonyl (C=O) groups excluding carboxylic acids is 2. The van der Waals surface area contributed by atoms with Gasteiger partial charge in [-0.25, -0.2) is 0 Å². The molecule has 0 aromatic heterocycles. The third-order valence-corrected chi connectivity index (χ3v) is 4.54. The molecule has 1 atom stereocenters. The maximum absolute atomic E-state index is 12.7. The van der Waals surface area contributed by atoms with Crippen LogP contribution in [0.1, 0.15) is 6.42 Å². The topological polar surface area (TPSA) is 77.1 Å². The number of ether oxygens (including phenoxy) is 3. The number of carbonyl (C=O) groups is 2. The summed E-state index contributed by atoms with van der Waals surface area (Å²) in [6.45, 7) is 0.280. The first-order chi connectivity index (χ1) is 13.1. The highest BCUT2D eigenvalue weighted by Crippen LogP contribution is 2.36. The van der Waals surface area contributed by atoms with E-state index in [2.05, 4.69) is 5.32 Å². The summed E-state index contributed by atoms with van der Waals surface area (Å²) in [6, 6.07) is 12.4. The smallest absolute Gasteiger partial charge is 0.229 e. The van der Waals surface area contributed by atoms with Crippen LogP contribution in [0.25, 0.3) is 0 Å². The number of hydrogen-bond acceptors (Lipinski definition) is 5. The normalized spacial score (nSPS) is 16.2. The number of benzene rings is 2. The molecule has 0 saturated carbocycles. The number of methoxy groups -OCH3 is 3. The summed E-state index contributed by atoms with van der Waals surface area (Å²) in [5, 5.41) is 2.85. The number of hydrogen-bond donors (Lipinski definition) is 1. The fourth-order valence-corrected chi connectivity index (χ4v) is 3.11. The molecule has 7 heteroatoms. The van der Waals surface area contributed by atoms with Gasteiger partial charge in [0.05, 0.1) is 38.6 Å². The van der Waals surface area contributed by atoms with Crippen LogP contribution in [0.4, 0.5) is 11.4 Å². The largest absolute Gasteiger partial charge is 0.497 e. The van der Waals surface area contributed by atoms with Crippen molar-refractivity contribution in [1.29, 1.82) is 0 Å². The molecule has 3 rings (SSSR count). The van der Waals surface area contributed by atoms with Gasteiger partial charge in [0.2, 0.25) is 11.8 Å². The lowest BCUT2D eigenvalue weighted by Gasteiger charge is -2.20. The van der Waals surface area contributed by atoms with E-state index in [0.717, 1.165) is 0 Å². The van der Waals surface area contributed by atoms with Crippen molar-refractivity contribution < 1.29 is 23.8 Å². The number of nitrogens with zero attached hydrogens (tertiary/aromatic N) is 1. The predicted octanol–water partition coefficient (Wildman–Crippen LogP) is 2.70. The summed E-state index contributed by atoms with van der Waals surface area (Å²) in [6.07, 6.45) is 0.135. The third kappa shape index (κ3) is 3.81. The standard InChI is InChI=1S/C20H22N2O5/c1-25-14-8-9-16(18(11-14)27-3)22-12-13(10-19(22)23)20(24)21-15-6-4-5-7-17(15)26-2/h4-9,11,13H,10,12H2,1-3H3,(H,21,24).